The van der Waals surface area contributed by atoms with E-state index < -0.39 is 5.76 Å². The molecule has 1 N–H and O–H groups in total. The summed E-state index contributed by atoms with van der Waals surface area (Å²) >= 11 is 0. The van der Waals surface area contributed by atoms with Crippen molar-refractivity contribution in [1.29, 1.82) is 0 Å². The third-order valence-electron chi connectivity index (χ3n) is 3.18. The first-order valence-corrected chi connectivity index (χ1v) is 6.63. The third kappa shape index (κ3) is 3.08. The highest BCUT2D eigenvalue weighted by Crippen LogP contribution is 2.19. The van der Waals surface area contributed by atoms with Crippen molar-refractivity contribution in [3.05, 3.63) is 58.6 Å². The van der Waals surface area contributed by atoms with Crippen molar-refractivity contribution in [2.75, 3.05) is 13.7 Å². The van der Waals surface area contributed by atoms with Gasteiger partial charge in [0.25, 0.3) is 0 Å². The Morgan fingerprint density at radius 2 is 2.00 bits per heavy atom. The smallest absolute Gasteiger partial charge is 0.417 e. The molecule has 0 amide bonds. The van der Waals surface area contributed by atoms with Gasteiger partial charge >= 0.3 is 5.76 Å². The molecular formula is C16H15NO4. The minimum atomic E-state index is -0.435. The molecule has 0 aliphatic heterocycles. The third-order valence-corrected chi connectivity index (χ3v) is 3.18. The van der Waals surface area contributed by atoms with E-state index in [1.54, 1.807) is 13.2 Å². The van der Waals surface area contributed by atoms with Gasteiger partial charge in [-0.15, -0.1) is 0 Å². The summed E-state index contributed by atoms with van der Waals surface area (Å²) in [6.45, 7) is 0.542. The van der Waals surface area contributed by atoms with E-state index in [-0.39, 0.29) is 0 Å². The molecule has 3 rings (SSSR count). The molecule has 0 radical (unpaired) electrons. The van der Waals surface area contributed by atoms with Gasteiger partial charge in [-0.25, -0.2) is 4.79 Å². The number of rotatable bonds is 5. The second-order valence-corrected chi connectivity index (χ2v) is 4.62. The van der Waals surface area contributed by atoms with Gasteiger partial charge in [0.05, 0.1) is 19.2 Å². The topological polar surface area (TPSA) is 64.5 Å². The number of methoxy groups -OCH3 is 1. The molecule has 0 saturated carbocycles. The second-order valence-electron chi connectivity index (χ2n) is 4.62. The fourth-order valence-corrected chi connectivity index (χ4v) is 2.13. The summed E-state index contributed by atoms with van der Waals surface area (Å²) in [6.07, 6.45) is 0.736. The largest absolute Gasteiger partial charge is 0.497 e. The Morgan fingerprint density at radius 1 is 1.14 bits per heavy atom. The lowest BCUT2D eigenvalue weighted by molar-refractivity contribution is 0.319. The number of hydrogen-bond donors (Lipinski definition) is 1. The van der Waals surface area contributed by atoms with E-state index in [1.165, 1.54) is 0 Å². The molecule has 0 saturated heterocycles. The zero-order chi connectivity index (χ0) is 14.7. The van der Waals surface area contributed by atoms with Gasteiger partial charge in [-0.3, -0.25) is 4.98 Å². The van der Waals surface area contributed by atoms with Crippen LogP contribution in [0.3, 0.4) is 0 Å². The lowest BCUT2D eigenvalue weighted by atomic mass is 10.1. The molecule has 1 heterocycles. The number of aromatic nitrogens is 1. The first-order chi connectivity index (χ1) is 10.2. The van der Waals surface area contributed by atoms with E-state index in [0.717, 1.165) is 23.5 Å². The number of H-pyrrole nitrogens is 1. The zero-order valence-electron chi connectivity index (χ0n) is 11.6. The molecule has 0 unspecified atom stereocenters. The van der Waals surface area contributed by atoms with Crippen LogP contribution in [0.25, 0.3) is 11.1 Å². The average Bonchev–Trinajstić information content (AvgIpc) is 2.87. The molecule has 0 fully saturated rings. The van der Waals surface area contributed by atoms with Crippen molar-refractivity contribution in [3.63, 3.8) is 0 Å². The highest BCUT2D eigenvalue weighted by atomic mass is 16.5. The van der Waals surface area contributed by atoms with Crippen molar-refractivity contribution in [2.24, 2.45) is 0 Å². The van der Waals surface area contributed by atoms with Crippen LogP contribution in [0.1, 0.15) is 5.56 Å². The van der Waals surface area contributed by atoms with Crippen LogP contribution in [0, 0.1) is 0 Å². The maximum Gasteiger partial charge on any atom is 0.417 e. The molecule has 3 aromatic rings. The van der Waals surface area contributed by atoms with Gasteiger partial charge < -0.3 is 13.9 Å². The molecule has 5 heteroatoms. The van der Waals surface area contributed by atoms with Crippen LogP contribution in [-0.2, 0) is 6.42 Å². The van der Waals surface area contributed by atoms with Crippen molar-refractivity contribution in [1.82, 2.24) is 4.98 Å². The van der Waals surface area contributed by atoms with Crippen LogP contribution in [-0.4, -0.2) is 18.7 Å². The Labute approximate surface area is 121 Å². The SMILES string of the molecule is COc1cccc(OCCc2ccc3oc(=O)[nH]c3c2)c1. The van der Waals surface area contributed by atoms with E-state index in [2.05, 4.69) is 4.98 Å². The number of fused-ring (bicyclic) bond motifs is 1. The van der Waals surface area contributed by atoms with E-state index in [1.807, 2.05) is 36.4 Å². The summed E-state index contributed by atoms with van der Waals surface area (Å²) in [6, 6.07) is 13.1. The number of ether oxygens (including phenoxy) is 2. The van der Waals surface area contributed by atoms with Gasteiger partial charge in [0.1, 0.15) is 11.5 Å². The van der Waals surface area contributed by atoms with Crippen LogP contribution in [0.5, 0.6) is 11.5 Å². The molecule has 0 aliphatic rings. The molecule has 5 nitrogen and oxygen atoms in total. The monoisotopic (exact) mass is 285 g/mol. The predicted molar refractivity (Wildman–Crippen MR) is 79.0 cm³/mol. The van der Waals surface area contributed by atoms with Crippen molar-refractivity contribution in [2.45, 2.75) is 6.42 Å². The first-order valence-electron chi connectivity index (χ1n) is 6.63. The molecule has 1 aromatic heterocycles. The minimum Gasteiger partial charge on any atom is -0.497 e. The molecule has 108 valence electrons. The van der Waals surface area contributed by atoms with Crippen LogP contribution in [0.4, 0.5) is 0 Å². The molecule has 0 aliphatic carbocycles. The van der Waals surface area contributed by atoms with Crippen molar-refractivity contribution < 1.29 is 13.9 Å². The number of hydrogen-bond acceptors (Lipinski definition) is 4. The fourth-order valence-electron chi connectivity index (χ4n) is 2.13. The minimum absolute atomic E-state index is 0.435. The summed E-state index contributed by atoms with van der Waals surface area (Å²) in [5, 5.41) is 0. The number of aromatic amines is 1. The van der Waals surface area contributed by atoms with Gasteiger partial charge in [-0.05, 0) is 29.8 Å². The lowest BCUT2D eigenvalue weighted by Crippen LogP contribution is -2.01. The standard InChI is InChI=1S/C16H15NO4/c1-19-12-3-2-4-13(10-12)20-8-7-11-5-6-15-14(9-11)17-16(18)21-15/h2-6,9-10H,7-8H2,1H3,(H,17,18). The van der Waals surface area contributed by atoms with E-state index >= 15 is 0 Å². The summed E-state index contributed by atoms with van der Waals surface area (Å²) < 4.78 is 15.8. The van der Waals surface area contributed by atoms with Crippen LogP contribution < -0.4 is 15.2 Å². The second kappa shape index (κ2) is 5.75. The maximum atomic E-state index is 11.1. The number of oxazole rings is 1. The summed E-state index contributed by atoms with van der Waals surface area (Å²) in [7, 11) is 1.63. The highest BCUT2D eigenvalue weighted by Gasteiger charge is 2.03. The normalized spacial score (nSPS) is 10.7. The number of benzene rings is 2. The quantitative estimate of drug-likeness (QED) is 0.783. The highest BCUT2D eigenvalue weighted by molar-refractivity contribution is 5.72. The van der Waals surface area contributed by atoms with Crippen molar-refractivity contribution in [3.8, 4) is 11.5 Å². The van der Waals surface area contributed by atoms with Crippen LogP contribution >= 0.6 is 0 Å². The lowest BCUT2D eigenvalue weighted by Gasteiger charge is -2.07. The summed E-state index contributed by atoms with van der Waals surface area (Å²) in [5.74, 6) is 1.10. The van der Waals surface area contributed by atoms with Crippen molar-refractivity contribution >= 4 is 11.1 Å². The van der Waals surface area contributed by atoms with E-state index in [0.29, 0.717) is 17.7 Å². The first kappa shape index (κ1) is 13.3. The zero-order valence-corrected chi connectivity index (χ0v) is 11.6. The molecule has 0 atom stereocenters. The Morgan fingerprint density at radius 3 is 2.86 bits per heavy atom. The Hall–Kier alpha value is -2.69. The van der Waals surface area contributed by atoms with Gasteiger partial charge in [0, 0.05) is 12.5 Å². The van der Waals surface area contributed by atoms with E-state index in [4.69, 9.17) is 13.9 Å². The predicted octanol–water partition coefficient (Wildman–Crippen LogP) is 2.75. The summed E-state index contributed by atoms with van der Waals surface area (Å²) in [5.41, 5.74) is 2.35. The summed E-state index contributed by atoms with van der Waals surface area (Å²) in [4.78, 5) is 13.7. The fraction of sp³-hybridized carbons (Fsp3) is 0.188. The Kier molecular flexibility index (Phi) is 3.64. The van der Waals surface area contributed by atoms with Gasteiger partial charge in [0.15, 0.2) is 5.58 Å². The number of nitrogens with one attached hydrogen (secondary N) is 1. The molecule has 21 heavy (non-hydrogen) atoms. The Balaban J connectivity index is 1.64. The average molecular weight is 285 g/mol. The van der Waals surface area contributed by atoms with Crippen LogP contribution in [0.15, 0.2) is 51.7 Å². The molecule has 0 bridgehead atoms. The van der Waals surface area contributed by atoms with E-state index in [9.17, 15) is 4.79 Å². The van der Waals surface area contributed by atoms with Gasteiger partial charge in [0.2, 0.25) is 0 Å². The van der Waals surface area contributed by atoms with Crippen LogP contribution in [0.2, 0.25) is 0 Å². The maximum absolute atomic E-state index is 11.1. The van der Waals surface area contributed by atoms with Gasteiger partial charge in [-0.1, -0.05) is 12.1 Å². The Bertz CT molecular complexity index is 803. The molecule has 2 aromatic carbocycles. The molecular weight excluding hydrogens is 270 g/mol. The molecule has 0 spiro atoms. The van der Waals surface area contributed by atoms with Gasteiger partial charge in [-0.2, -0.15) is 0 Å².